The third kappa shape index (κ3) is 3.38. The summed E-state index contributed by atoms with van der Waals surface area (Å²) in [5, 5.41) is 7.39. The smallest absolute Gasteiger partial charge is 0.123 e. The monoisotopic (exact) mass is 301 g/mol. The molecule has 2 aromatic rings. The third-order valence-corrected chi connectivity index (χ3v) is 4.34. The van der Waals surface area contributed by atoms with Gasteiger partial charge in [0.05, 0.1) is 6.20 Å². The van der Waals surface area contributed by atoms with Crippen molar-refractivity contribution in [3.63, 3.8) is 0 Å². The molecule has 1 aromatic carbocycles. The second-order valence-electron chi connectivity index (χ2n) is 6.70. The van der Waals surface area contributed by atoms with E-state index < -0.39 is 0 Å². The summed E-state index contributed by atoms with van der Waals surface area (Å²) in [6, 6.07) is 6.77. The van der Waals surface area contributed by atoms with Crippen LogP contribution in [0.1, 0.15) is 38.3 Å². The molecule has 0 unspecified atom stereocenters. The fraction of sp³-hybridized carbons (Fsp3) is 0.500. The van der Waals surface area contributed by atoms with Gasteiger partial charge in [-0.1, -0.05) is 26.0 Å². The SMILES string of the molecule is CC(C)CN1CCC[C@H](c2[nH]ncc2-c2cccc(F)c2)C1. The van der Waals surface area contributed by atoms with Crippen molar-refractivity contribution >= 4 is 0 Å². The highest BCUT2D eigenvalue weighted by Crippen LogP contribution is 2.33. The standard InChI is InChI=1S/C18H24FN3/c1-13(2)11-22-8-4-6-15(12-22)18-17(10-20-21-18)14-5-3-7-16(19)9-14/h3,5,7,9-10,13,15H,4,6,8,11-12H2,1-2H3,(H,20,21)/t15-/m0/s1. The molecule has 0 bridgehead atoms. The molecule has 0 spiro atoms. The summed E-state index contributed by atoms with van der Waals surface area (Å²) in [6.07, 6.45) is 4.20. The topological polar surface area (TPSA) is 31.9 Å². The van der Waals surface area contributed by atoms with E-state index >= 15 is 0 Å². The summed E-state index contributed by atoms with van der Waals surface area (Å²) in [6.45, 7) is 7.90. The highest BCUT2D eigenvalue weighted by molar-refractivity contribution is 5.65. The maximum absolute atomic E-state index is 13.5. The van der Waals surface area contributed by atoms with Crippen molar-refractivity contribution in [2.24, 2.45) is 5.92 Å². The number of hydrogen-bond acceptors (Lipinski definition) is 2. The van der Waals surface area contributed by atoms with Crippen LogP contribution >= 0.6 is 0 Å². The van der Waals surface area contributed by atoms with Gasteiger partial charge in [0, 0.05) is 30.3 Å². The lowest BCUT2D eigenvalue weighted by Gasteiger charge is -2.33. The minimum Gasteiger partial charge on any atom is -0.302 e. The van der Waals surface area contributed by atoms with Crippen LogP contribution in [0.25, 0.3) is 11.1 Å². The zero-order valence-electron chi connectivity index (χ0n) is 13.3. The van der Waals surface area contributed by atoms with E-state index in [-0.39, 0.29) is 5.82 Å². The van der Waals surface area contributed by atoms with E-state index in [0.717, 1.165) is 29.9 Å². The molecule has 0 radical (unpaired) electrons. The van der Waals surface area contributed by atoms with Gasteiger partial charge in [-0.25, -0.2) is 4.39 Å². The Kier molecular flexibility index (Phi) is 4.57. The van der Waals surface area contributed by atoms with Gasteiger partial charge in [-0.3, -0.25) is 5.10 Å². The van der Waals surface area contributed by atoms with E-state index in [2.05, 4.69) is 28.9 Å². The summed E-state index contributed by atoms with van der Waals surface area (Å²) in [7, 11) is 0. The summed E-state index contributed by atoms with van der Waals surface area (Å²) in [5.74, 6) is 0.936. The zero-order chi connectivity index (χ0) is 15.5. The van der Waals surface area contributed by atoms with Crippen molar-refractivity contribution in [2.75, 3.05) is 19.6 Å². The van der Waals surface area contributed by atoms with Gasteiger partial charge in [-0.15, -0.1) is 0 Å². The van der Waals surface area contributed by atoms with E-state index in [0.29, 0.717) is 11.8 Å². The Labute approximate surface area is 131 Å². The number of aromatic amines is 1. The van der Waals surface area contributed by atoms with Gasteiger partial charge in [0.15, 0.2) is 0 Å². The number of benzene rings is 1. The summed E-state index contributed by atoms with van der Waals surface area (Å²) in [4.78, 5) is 2.54. The third-order valence-electron chi connectivity index (χ3n) is 4.34. The van der Waals surface area contributed by atoms with Crippen molar-refractivity contribution in [1.29, 1.82) is 0 Å². The molecule has 1 aliphatic heterocycles. The Morgan fingerprint density at radius 3 is 3.05 bits per heavy atom. The molecular weight excluding hydrogens is 277 g/mol. The van der Waals surface area contributed by atoms with Crippen LogP contribution in [-0.4, -0.2) is 34.7 Å². The number of likely N-dealkylation sites (tertiary alicyclic amines) is 1. The number of rotatable bonds is 4. The van der Waals surface area contributed by atoms with E-state index in [1.165, 1.54) is 25.5 Å². The molecule has 1 saturated heterocycles. The van der Waals surface area contributed by atoms with Gasteiger partial charge in [0.2, 0.25) is 0 Å². The van der Waals surface area contributed by atoms with Crippen LogP contribution in [0.3, 0.4) is 0 Å². The second-order valence-corrected chi connectivity index (χ2v) is 6.70. The fourth-order valence-corrected chi connectivity index (χ4v) is 3.47. The van der Waals surface area contributed by atoms with E-state index in [1.807, 2.05) is 12.3 Å². The van der Waals surface area contributed by atoms with Crippen molar-refractivity contribution in [2.45, 2.75) is 32.6 Å². The number of nitrogens with one attached hydrogen (secondary N) is 1. The Morgan fingerprint density at radius 2 is 2.27 bits per heavy atom. The van der Waals surface area contributed by atoms with Crippen molar-refractivity contribution in [1.82, 2.24) is 15.1 Å². The molecule has 3 rings (SSSR count). The normalized spacial score (nSPS) is 19.7. The Bertz CT molecular complexity index is 620. The molecular formula is C18H24FN3. The van der Waals surface area contributed by atoms with Crippen LogP contribution in [0.15, 0.2) is 30.5 Å². The lowest BCUT2D eigenvalue weighted by molar-refractivity contribution is 0.186. The fourth-order valence-electron chi connectivity index (χ4n) is 3.47. The first-order chi connectivity index (χ1) is 10.6. The highest BCUT2D eigenvalue weighted by Gasteiger charge is 2.25. The van der Waals surface area contributed by atoms with Gasteiger partial charge in [0.25, 0.3) is 0 Å². The molecule has 22 heavy (non-hydrogen) atoms. The second kappa shape index (κ2) is 6.61. The first kappa shape index (κ1) is 15.2. The Balaban J connectivity index is 1.82. The van der Waals surface area contributed by atoms with Gasteiger partial charge in [-0.2, -0.15) is 5.10 Å². The van der Waals surface area contributed by atoms with E-state index in [4.69, 9.17) is 0 Å². The van der Waals surface area contributed by atoms with Crippen LogP contribution < -0.4 is 0 Å². The lowest BCUT2D eigenvalue weighted by atomic mass is 9.90. The van der Waals surface area contributed by atoms with Gasteiger partial charge in [0.1, 0.15) is 5.82 Å². The molecule has 1 fully saturated rings. The molecule has 4 heteroatoms. The Hall–Kier alpha value is -1.68. The maximum Gasteiger partial charge on any atom is 0.123 e. The number of piperidine rings is 1. The Morgan fingerprint density at radius 1 is 1.41 bits per heavy atom. The molecule has 1 N–H and O–H groups in total. The number of H-pyrrole nitrogens is 1. The molecule has 118 valence electrons. The molecule has 2 heterocycles. The minimum atomic E-state index is -0.199. The van der Waals surface area contributed by atoms with Crippen LogP contribution in [0.4, 0.5) is 4.39 Å². The quantitative estimate of drug-likeness (QED) is 0.924. The van der Waals surface area contributed by atoms with Crippen molar-refractivity contribution in [3.05, 3.63) is 42.0 Å². The lowest BCUT2D eigenvalue weighted by Crippen LogP contribution is -2.37. The van der Waals surface area contributed by atoms with Crippen molar-refractivity contribution < 1.29 is 4.39 Å². The molecule has 0 amide bonds. The largest absolute Gasteiger partial charge is 0.302 e. The predicted molar refractivity (Wildman–Crippen MR) is 87.2 cm³/mol. The van der Waals surface area contributed by atoms with Crippen LogP contribution in [0.2, 0.25) is 0 Å². The number of nitrogens with zero attached hydrogens (tertiary/aromatic N) is 2. The first-order valence-electron chi connectivity index (χ1n) is 8.15. The summed E-state index contributed by atoms with van der Waals surface area (Å²) < 4.78 is 13.5. The number of hydrogen-bond donors (Lipinski definition) is 1. The van der Waals surface area contributed by atoms with Crippen LogP contribution in [0.5, 0.6) is 0 Å². The average molecular weight is 301 g/mol. The van der Waals surface area contributed by atoms with Crippen LogP contribution in [-0.2, 0) is 0 Å². The molecule has 1 aliphatic rings. The number of aromatic nitrogens is 2. The predicted octanol–water partition coefficient (Wildman–Crippen LogP) is 4.05. The first-order valence-corrected chi connectivity index (χ1v) is 8.15. The van der Waals surface area contributed by atoms with Gasteiger partial charge in [-0.05, 0) is 43.0 Å². The van der Waals surface area contributed by atoms with E-state index in [9.17, 15) is 4.39 Å². The molecule has 0 saturated carbocycles. The van der Waals surface area contributed by atoms with E-state index in [1.54, 1.807) is 12.1 Å². The average Bonchev–Trinajstić information content (AvgIpc) is 2.96. The van der Waals surface area contributed by atoms with Gasteiger partial charge >= 0.3 is 0 Å². The highest BCUT2D eigenvalue weighted by atomic mass is 19.1. The summed E-state index contributed by atoms with van der Waals surface area (Å²) in [5.41, 5.74) is 3.10. The minimum absolute atomic E-state index is 0.199. The molecule has 3 nitrogen and oxygen atoms in total. The molecule has 1 aromatic heterocycles. The molecule has 1 atom stereocenters. The van der Waals surface area contributed by atoms with Gasteiger partial charge < -0.3 is 4.90 Å². The molecule has 0 aliphatic carbocycles. The summed E-state index contributed by atoms with van der Waals surface area (Å²) >= 11 is 0. The van der Waals surface area contributed by atoms with Crippen molar-refractivity contribution in [3.8, 4) is 11.1 Å². The van der Waals surface area contributed by atoms with Crippen LogP contribution in [0, 0.1) is 11.7 Å². The number of halogens is 1. The maximum atomic E-state index is 13.5. The zero-order valence-corrected chi connectivity index (χ0v) is 13.3.